The molecule has 1 aliphatic heterocycles. The summed E-state index contributed by atoms with van der Waals surface area (Å²) in [6.45, 7) is 2.47. The smallest absolute Gasteiger partial charge is 0.261 e. The minimum absolute atomic E-state index is 0.0704. The van der Waals surface area contributed by atoms with Gasteiger partial charge in [0.1, 0.15) is 0 Å². The third-order valence-electron chi connectivity index (χ3n) is 2.73. The summed E-state index contributed by atoms with van der Waals surface area (Å²) in [4.78, 5) is 0. The van der Waals surface area contributed by atoms with Gasteiger partial charge in [0, 0.05) is 26.7 Å². The number of rotatable bonds is 2. The fourth-order valence-electron chi connectivity index (χ4n) is 1.87. The molecule has 0 aliphatic carbocycles. The van der Waals surface area contributed by atoms with E-state index in [4.69, 9.17) is 11.6 Å². The molecule has 0 saturated carbocycles. The molecule has 1 fully saturated rings. The van der Waals surface area contributed by atoms with Crippen LogP contribution >= 0.6 is 11.6 Å². The first kappa shape index (κ1) is 12.8. The minimum atomic E-state index is -3.54. The van der Waals surface area contributed by atoms with E-state index in [-0.39, 0.29) is 10.0 Å². The number of sulfonamides is 1. The van der Waals surface area contributed by atoms with Crippen LogP contribution in [0.5, 0.6) is 0 Å². The molecular weight excluding hydrogens is 264 g/mol. The fraction of sp³-hybridized carbons (Fsp3) is 0.667. The zero-order chi connectivity index (χ0) is 12.5. The minimum Gasteiger partial charge on any atom is -0.315 e. The Hall–Kier alpha value is -0.630. The summed E-state index contributed by atoms with van der Waals surface area (Å²) in [7, 11) is -1.96. The highest BCUT2D eigenvalue weighted by molar-refractivity contribution is 7.89. The zero-order valence-corrected chi connectivity index (χ0v) is 11.1. The molecule has 1 aromatic rings. The predicted octanol–water partition coefficient (Wildman–Crippen LogP) is 0.0575. The van der Waals surface area contributed by atoms with E-state index in [2.05, 4.69) is 10.4 Å². The van der Waals surface area contributed by atoms with Crippen molar-refractivity contribution in [3.05, 3.63) is 11.2 Å². The van der Waals surface area contributed by atoms with Crippen LogP contribution in [0.1, 0.15) is 6.42 Å². The molecule has 2 heterocycles. The zero-order valence-electron chi connectivity index (χ0n) is 9.56. The summed E-state index contributed by atoms with van der Waals surface area (Å²) in [6, 6.07) is 0. The van der Waals surface area contributed by atoms with Gasteiger partial charge in [-0.15, -0.1) is 0 Å². The number of hydrogen-bond donors (Lipinski definition) is 1. The number of halogens is 1. The molecule has 8 heteroatoms. The van der Waals surface area contributed by atoms with Crippen LogP contribution in [0.4, 0.5) is 0 Å². The second kappa shape index (κ2) is 4.93. The number of aromatic nitrogens is 2. The first-order chi connectivity index (χ1) is 8.03. The van der Waals surface area contributed by atoms with Crippen molar-refractivity contribution < 1.29 is 8.42 Å². The maximum absolute atomic E-state index is 12.4. The molecule has 6 nitrogen and oxygen atoms in total. The summed E-state index contributed by atoms with van der Waals surface area (Å²) in [5, 5.41) is 7.27. The van der Waals surface area contributed by atoms with E-state index in [0.29, 0.717) is 19.6 Å². The van der Waals surface area contributed by atoms with Crippen LogP contribution < -0.4 is 5.32 Å². The van der Waals surface area contributed by atoms with Crippen molar-refractivity contribution in [3.63, 3.8) is 0 Å². The van der Waals surface area contributed by atoms with Gasteiger partial charge in [-0.3, -0.25) is 4.68 Å². The van der Waals surface area contributed by atoms with Crippen molar-refractivity contribution in [1.29, 1.82) is 0 Å². The molecule has 0 bridgehead atoms. The van der Waals surface area contributed by atoms with E-state index in [9.17, 15) is 8.42 Å². The Labute approximate surface area is 106 Å². The van der Waals surface area contributed by atoms with Crippen molar-refractivity contribution in [2.45, 2.75) is 11.4 Å². The molecule has 0 aromatic carbocycles. The van der Waals surface area contributed by atoms with Crippen LogP contribution in [0.3, 0.4) is 0 Å². The molecule has 1 saturated heterocycles. The lowest BCUT2D eigenvalue weighted by Crippen LogP contribution is -2.35. The van der Waals surface area contributed by atoms with Crippen molar-refractivity contribution in [2.24, 2.45) is 7.05 Å². The monoisotopic (exact) mass is 278 g/mol. The number of nitrogens with zero attached hydrogens (tertiary/aromatic N) is 3. The fourth-order valence-corrected chi connectivity index (χ4v) is 3.96. The maximum atomic E-state index is 12.4. The summed E-state index contributed by atoms with van der Waals surface area (Å²) in [6.07, 6.45) is 2.15. The third kappa shape index (κ3) is 2.47. The molecule has 1 aromatic heterocycles. The van der Waals surface area contributed by atoms with Crippen LogP contribution in [0.25, 0.3) is 0 Å². The SMILES string of the molecule is Cn1ncc(Cl)c1S(=O)(=O)N1CCCNCC1. The second-order valence-corrected chi connectivity index (χ2v) is 6.19. The Morgan fingerprint density at radius 3 is 2.82 bits per heavy atom. The van der Waals surface area contributed by atoms with Gasteiger partial charge in [0.15, 0.2) is 5.03 Å². The van der Waals surface area contributed by atoms with E-state index >= 15 is 0 Å². The van der Waals surface area contributed by atoms with Gasteiger partial charge in [0.2, 0.25) is 0 Å². The molecule has 0 atom stereocenters. The average molecular weight is 279 g/mol. The normalized spacial score (nSPS) is 19.2. The Balaban J connectivity index is 2.35. The molecular formula is C9H15ClN4O2S. The van der Waals surface area contributed by atoms with E-state index in [0.717, 1.165) is 13.0 Å². The second-order valence-electron chi connectivity index (χ2n) is 3.93. The summed E-state index contributed by atoms with van der Waals surface area (Å²) in [5.41, 5.74) is 0. The van der Waals surface area contributed by atoms with Crippen LogP contribution in [0.2, 0.25) is 5.02 Å². The van der Waals surface area contributed by atoms with Gasteiger partial charge in [0.25, 0.3) is 10.0 Å². The van der Waals surface area contributed by atoms with Gasteiger partial charge in [-0.25, -0.2) is 8.42 Å². The molecule has 2 rings (SSSR count). The highest BCUT2D eigenvalue weighted by Gasteiger charge is 2.30. The van der Waals surface area contributed by atoms with E-state index in [1.165, 1.54) is 15.2 Å². The number of nitrogens with one attached hydrogen (secondary N) is 1. The Morgan fingerprint density at radius 2 is 2.18 bits per heavy atom. The standard InChI is InChI=1S/C9H15ClN4O2S/c1-13-9(8(10)7-12-13)17(15,16)14-5-2-3-11-4-6-14/h7,11H,2-6H2,1H3. The topological polar surface area (TPSA) is 67.2 Å². The Kier molecular flexibility index (Phi) is 3.72. The molecule has 0 radical (unpaired) electrons. The number of hydrogen-bond acceptors (Lipinski definition) is 4. The first-order valence-electron chi connectivity index (χ1n) is 5.42. The van der Waals surface area contributed by atoms with Crippen molar-refractivity contribution in [1.82, 2.24) is 19.4 Å². The van der Waals surface area contributed by atoms with Crippen LogP contribution in [-0.2, 0) is 17.1 Å². The molecule has 0 amide bonds. The first-order valence-corrected chi connectivity index (χ1v) is 7.23. The lowest BCUT2D eigenvalue weighted by molar-refractivity contribution is 0.425. The van der Waals surface area contributed by atoms with Gasteiger partial charge in [-0.05, 0) is 13.0 Å². The molecule has 1 aliphatic rings. The van der Waals surface area contributed by atoms with E-state index in [1.54, 1.807) is 7.05 Å². The van der Waals surface area contributed by atoms with Crippen LogP contribution in [0, 0.1) is 0 Å². The predicted molar refractivity (Wildman–Crippen MR) is 64.5 cm³/mol. The van der Waals surface area contributed by atoms with Crippen molar-refractivity contribution in [2.75, 3.05) is 26.2 Å². The largest absolute Gasteiger partial charge is 0.315 e. The highest BCUT2D eigenvalue weighted by atomic mass is 35.5. The van der Waals surface area contributed by atoms with Gasteiger partial charge in [-0.2, -0.15) is 9.40 Å². The molecule has 1 N–H and O–H groups in total. The average Bonchev–Trinajstić information content (AvgIpc) is 2.53. The highest BCUT2D eigenvalue weighted by Crippen LogP contribution is 2.23. The van der Waals surface area contributed by atoms with Gasteiger partial charge in [-0.1, -0.05) is 11.6 Å². The molecule has 0 unspecified atom stereocenters. The van der Waals surface area contributed by atoms with Crippen LogP contribution in [0.15, 0.2) is 11.2 Å². The lowest BCUT2D eigenvalue weighted by Gasteiger charge is -2.19. The summed E-state index contributed by atoms with van der Waals surface area (Å²) >= 11 is 5.88. The van der Waals surface area contributed by atoms with E-state index in [1.807, 2.05) is 0 Å². The number of aryl methyl sites for hydroxylation is 1. The van der Waals surface area contributed by atoms with Crippen molar-refractivity contribution in [3.8, 4) is 0 Å². The molecule has 96 valence electrons. The third-order valence-corrected chi connectivity index (χ3v) is 5.13. The Bertz CT molecular complexity index is 472. The summed E-state index contributed by atoms with van der Waals surface area (Å²) in [5.74, 6) is 0. The maximum Gasteiger partial charge on any atom is 0.261 e. The van der Waals surface area contributed by atoms with Gasteiger partial charge < -0.3 is 5.32 Å². The van der Waals surface area contributed by atoms with Gasteiger partial charge >= 0.3 is 0 Å². The quantitative estimate of drug-likeness (QED) is 0.831. The van der Waals surface area contributed by atoms with Crippen LogP contribution in [-0.4, -0.2) is 48.7 Å². The van der Waals surface area contributed by atoms with E-state index < -0.39 is 10.0 Å². The molecule has 17 heavy (non-hydrogen) atoms. The van der Waals surface area contributed by atoms with Crippen molar-refractivity contribution >= 4 is 21.6 Å². The molecule has 0 spiro atoms. The lowest BCUT2D eigenvalue weighted by atomic mass is 10.4. The Morgan fingerprint density at radius 1 is 1.41 bits per heavy atom. The van der Waals surface area contributed by atoms with Gasteiger partial charge in [0.05, 0.1) is 11.2 Å². The summed E-state index contributed by atoms with van der Waals surface area (Å²) < 4.78 is 27.5.